The second-order valence-electron chi connectivity index (χ2n) is 33.3. The Kier molecular flexibility index (Phi) is 22.3. The van der Waals surface area contributed by atoms with Gasteiger partial charge in [-0.3, -0.25) is 4.79 Å². The number of aromatic nitrogens is 12. The van der Waals surface area contributed by atoms with Crippen molar-refractivity contribution in [3.05, 3.63) is 284 Å². The van der Waals surface area contributed by atoms with E-state index in [1.165, 1.54) is 35.9 Å². The number of carboxylic acid groups (broad SMARTS) is 3. The van der Waals surface area contributed by atoms with E-state index in [2.05, 4.69) is 143 Å². The monoisotopic (exact) mass is 1750 g/mol. The molecule has 21 rings (SSSR count). The lowest BCUT2D eigenvalue weighted by atomic mass is 9.88. The molecule has 0 unspecified atom stereocenters. The summed E-state index contributed by atoms with van der Waals surface area (Å²) >= 11 is 20.0. The van der Waals surface area contributed by atoms with Crippen molar-refractivity contribution in [3.63, 3.8) is 0 Å². The summed E-state index contributed by atoms with van der Waals surface area (Å²) in [6.07, 6.45) is 18.2. The van der Waals surface area contributed by atoms with Crippen LogP contribution in [0.3, 0.4) is 0 Å². The van der Waals surface area contributed by atoms with Crippen LogP contribution >= 0.6 is 34.8 Å². The molecule has 640 valence electrons. The smallest absolute Gasteiger partial charge is 0.352 e. The first-order valence-corrected chi connectivity index (χ1v) is 43.3. The van der Waals surface area contributed by atoms with Crippen LogP contribution in [0.4, 0.5) is 4.39 Å². The maximum Gasteiger partial charge on any atom is 0.352 e. The molecule has 8 aromatic carbocycles. The number of aromatic carboxylic acids is 3. The third-order valence-corrected chi connectivity index (χ3v) is 25.4. The molecular weight excluding hydrogens is 1660 g/mol. The number of hydrogen-bond donors (Lipinski definition) is 17. The molecule has 17 N–H and O–H groups in total. The zero-order chi connectivity index (χ0) is 88.8. The Morgan fingerprint density at radius 3 is 1.15 bits per heavy atom. The van der Waals surface area contributed by atoms with E-state index in [4.69, 9.17) is 34.8 Å². The van der Waals surface area contributed by atoms with Crippen molar-refractivity contribution in [1.29, 1.82) is 0 Å². The number of fused-ring (bicyclic) bond motifs is 8. The number of aliphatic hydroxyl groups is 2. The molecule has 12 aromatic heterocycles. The number of nitrogens with one attached hydrogen (secondary N) is 12. The van der Waals surface area contributed by atoms with Gasteiger partial charge in [0.05, 0.1) is 28.5 Å². The van der Waals surface area contributed by atoms with Gasteiger partial charge in [-0.1, -0.05) is 125 Å². The first-order chi connectivity index (χ1) is 61.3. The number of carbonyl (C=O) groups is 4. The lowest BCUT2D eigenvalue weighted by Gasteiger charge is -2.15. The van der Waals surface area contributed by atoms with Gasteiger partial charge in [0.15, 0.2) is 5.78 Å². The molecule has 0 spiro atoms. The van der Waals surface area contributed by atoms with Crippen LogP contribution in [0.5, 0.6) is 0 Å². The van der Waals surface area contributed by atoms with Crippen LogP contribution in [0.25, 0.3) is 177 Å². The molecule has 0 bridgehead atoms. The second kappa shape index (κ2) is 33.8. The first kappa shape index (κ1) is 83.9. The largest absolute Gasteiger partial charge is 0.477 e. The van der Waals surface area contributed by atoms with Crippen LogP contribution < -0.4 is 0 Å². The quantitative estimate of drug-likeness (QED) is 0.0322. The van der Waals surface area contributed by atoms with Crippen LogP contribution in [-0.4, -0.2) is 122 Å². The van der Waals surface area contributed by atoms with Crippen molar-refractivity contribution in [2.24, 2.45) is 0 Å². The van der Waals surface area contributed by atoms with Gasteiger partial charge >= 0.3 is 17.9 Å². The molecule has 1 aliphatic carbocycles. The number of benzene rings is 8. The van der Waals surface area contributed by atoms with Crippen molar-refractivity contribution in [2.75, 3.05) is 13.2 Å². The Labute approximate surface area is 741 Å². The second-order valence-corrected chi connectivity index (χ2v) is 34.5. The number of halogens is 4. The van der Waals surface area contributed by atoms with Crippen LogP contribution in [0.2, 0.25) is 15.1 Å². The lowest BCUT2D eigenvalue weighted by Crippen LogP contribution is -2.00. The molecule has 0 amide bonds. The molecule has 0 saturated heterocycles. The molecule has 0 aliphatic heterocycles. The van der Waals surface area contributed by atoms with Crippen molar-refractivity contribution in [1.82, 2.24) is 59.8 Å². The summed E-state index contributed by atoms with van der Waals surface area (Å²) in [5, 5.41) is 58.8. The highest BCUT2D eigenvalue weighted by Crippen LogP contribution is 2.55. The minimum atomic E-state index is -1.14. The first-order valence-electron chi connectivity index (χ1n) is 42.2. The Morgan fingerprint density at radius 2 is 0.732 bits per heavy atom. The number of rotatable bonds is 20. The van der Waals surface area contributed by atoms with Gasteiger partial charge in [0.1, 0.15) is 22.9 Å². The highest BCUT2D eigenvalue weighted by molar-refractivity contribution is 6.37. The van der Waals surface area contributed by atoms with E-state index < -0.39 is 23.7 Å². The Balaban J connectivity index is 0.000000115. The van der Waals surface area contributed by atoms with Gasteiger partial charge in [-0.25, -0.2) is 18.8 Å². The zero-order valence-corrected chi connectivity index (χ0v) is 72.8. The fourth-order valence-electron chi connectivity index (χ4n) is 19.1. The molecule has 12 heterocycles. The highest BCUT2D eigenvalue weighted by atomic mass is 35.5. The van der Waals surface area contributed by atoms with Gasteiger partial charge in [0, 0.05) is 233 Å². The summed E-state index contributed by atoms with van der Waals surface area (Å²) in [7, 11) is 0. The van der Waals surface area contributed by atoms with Crippen LogP contribution in [-0.2, 0) is 12.8 Å². The fraction of sp³-hybridized carbons (Fsp3) is 0.176. The van der Waals surface area contributed by atoms with Crippen LogP contribution in [0.1, 0.15) is 166 Å². The number of aryl methyl sites for hydroxylation is 1. The van der Waals surface area contributed by atoms with E-state index in [-0.39, 0.29) is 53.8 Å². The average Bonchev–Trinajstić information content (AvgIpc) is 1.60. The van der Waals surface area contributed by atoms with Gasteiger partial charge in [0.25, 0.3) is 0 Å². The topological polar surface area (TPSA) is 359 Å². The van der Waals surface area contributed by atoms with Crippen molar-refractivity contribution in [3.8, 4) is 89.5 Å². The number of carboxylic acids is 3. The summed E-state index contributed by atoms with van der Waals surface area (Å²) < 4.78 is 14.7. The number of carbonyl (C=O) groups excluding carboxylic acids is 1. The maximum absolute atomic E-state index is 14.7. The van der Waals surface area contributed by atoms with E-state index in [0.29, 0.717) is 84.1 Å². The van der Waals surface area contributed by atoms with E-state index in [9.17, 15) is 49.1 Å². The fourth-order valence-corrected chi connectivity index (χ4v) is 19.9. The predicted molar refractivity (Wildman–Crippen MR) is 508 cm³/mol. The van der Waals surface area contributed by atoms with Crippen LogP contribution in [0, 0.1) is 12.7 Å². The summed E-state index contributed by atoms with van der Waals surface area (Å²) in [6.45, 7) is 15.9. The van der Waals surface area contributed by atoms with Crippen molar-refractivity contribution < 1.29 is 49.1 Å². The molecule has 20 aromatic rings. The van der Waals surface area contributed by atoms with Crippen molar-refractivity contribution in [2.45, 2.75) is 105 Å². The standard InChI is InChI=1S/C26H23ClFN3O3.C26H24ClN3O3.C25H22ClN3O2.C25H21N3O/c1-12(2)20-23(22-15-5-7-29-18(15)4-3-17(22)27)25(26(33)34)31-24(20)16-9-14(28)10-19-21(16)13(6-8-32)11-30-19;1-13(2)20-23(22-15-8-10-28-18(15)7-6-17(22)27)25(26(32)33)30-24(20)16-4-3-5-19-21(16)14(9-11-31)12-29-19;1-12(2)19-22(21-14-9-10-27-17(14)8-7-16(21)26)24(25(30)31)29-23(19)15-5-4-6-18-20(15)13(3)11-28-18;1-14(29)24-23(18-4-2-6-20-16(18)10-12-26-20)22(15-8-9-15)25(28-24)19-5-3-7-21-17(19)11-13-27-21/h3-5,7,9-12,29-32H,6,8H2,1-2H3,(H,33,34);3-8,10,12-13,28-31H,9,11H2,1-2H3,(H,32,33);4-12,27-29H,1-3H3,(H,30,31);2-7,10-13,15,26-28H,8-9H2,1H3. The van der Waals surface area contributed by atoms with Gasteiger partial charge in [-0.2, -0.15) is 0 Å². The third kappa shape index (κ3) is 14.8. The Bertz CT molecular complexity index is 7740. The molecule has 21 nitrogen and oxygen atoms in total. The predicted octanol–water partition coefficient (Wildman–Crippen LogP) is 26.3. The summed E-state index contributed by atoms with van der Waals surface area (Å²) in [6, 6.07) is 48.3. The van der Waals surface area contributed by atoms with Gasteiger partial charge in [0.2, 0.25) is 0 Å². The van der Waals surface area contributed by atoms with E-state index in [1.807, 2.05) is 130 Å². The van der Waals surface area contributed by atoms with Gasteiger partial charge < -0.3 is 85.3 Å². The Morgan fingerprint density at radius 1 is 0.378 bits per heavy atom. The van der Waals surface area contributed by atoms with Crippen LogP contribution in [0.15, 0.2) is 201 Å². The molecule has 127 heavy (non-hydrogen) atoms. The van der Waals surface area contributed by atoms with E-state index >= 15 is 0 Å². The highest BCUT2D eigenvalue weighted by Gasteiger charge is 2.37. The molecule has 1 aliphatic rings. The van der Waals surface area contributed by atoms with E-state index in [1.54, 1.807) is 31.5 Å². The third-order valence-electron chi connectivity index (χ3n) is 24.5. The molecule has 1 saturated carbocycles. The molecular formula is C102H90Cl3FN12O9. The number of aliphatic hydroxyl groups excluding tert-OH is 2. The maximum atomic E-state index is 14.7. The minimum Gasteiger partial charge on any atom is -0.477 e. The Hall–Kier alpha value is -14.0. The number of Topliss-reactive ketones (excluding diaryl/α,β-unsaturated/α-hetero) is 1. The summed E-state index contributed by atoms with van der Waals surface area (Å²) in [5.41, 5.74) is 27.9. The number of H-pyrrole nitrogens is 12. The normalized spacial score (nSPS) is 12.3. The molecule has 0 radical (unpaired) electrons. The summed E-state index contributed by atoms with van der Waals surface area (Å²) in [4.78, 5) is 89.0. The minimum absolute atomic E-state index is 0.00837. The zero-order valence-electron chi connectivity index (χ0n) is 70.5. The number of aromatic amines is 12. The van der Waals surface area contributed by atoms with Crippen molar-refractivity contribution >= 4 is 146 Å². The summed E-state index contributed by atoms with van der Waals surface area (Å²) in [5.74, 6) is -3.11. The number of ketones is 1. The molecule has 1 fully saturated rings. The lowest BCUT2D eigenvalue weighted by molar-refractivity contribution is 0.0681. The average molecular weight is 1750 g/mol. The SMILES string of the molecule is CC(=O)c1[nH]c(-c2cccc3[nH]ccc23)c(C2CC2)c1-c1cccc2[nH]ccc12.CC(C)c1c(-c2cc(F)cc3[nH]cc(CCO)c23)[nH]c(C(=O)O)c1-c1c(Cl)ccc2[nH]ccc12.CC(C)c1c(-c2cccc3[nH]cc(CCO)c23)[nH]c(C(=O)O)c1-c1c(Cl)ccc2[nH]ccc12.Cc1c[nH]c2cccc(-c3[nH]c(C(=O)O)c(-c4c(Cl)ccc5[nH]ccc45)c3C(C)C)c12. The number of hydrogen-bond acceptors (Lipinski definition) is 6. The van der Waals surface area contributed by atoms with Gasteiger partial charge in [-0.15, -0.1) is 0 Å². The van der Waals surface area contributed by atoms with Gasteiger partial charge in [-0.05, 0) is 204 Å². The van der Waals surface area contributed by atoms with E-state index in [0.717, 1.165) is 160 Å². The molecule has 25 heteroatoms. The molecule has 0 atom stereocenters.